The number of rotatable bonds is 7. The van der Waals surface area contributed by atoms with Gasteiger partial charge in [-0.1, -0.05) is 44.2 Å². The molecule has 0 aromatic heterocycles. The monoisotopic (exact) mass is 389 g/mol. The number of benzene rings is 2. The molecular weight excluding hydrogens is 362 g/mol. The number of sulfone groups is 1. The summed E-state index contributed by atoms with van der Waals surface area (Å²) in [5.41, 5.74) is 1.02. The lowest BCUT2D eigenvalue weighted by Crippen LogP contribution is -2.57. The maximum absolute atomic E-state index is 12.5. The third kappa shape index (κ3) is 4.26. The summed E-state index contributed by atoms with van der Waals surface area (Å²) in [4.78, 5) is 14.2. The number of hydrogen-bond donors (Lipinski definition) is 0. The molecule has 1 heterocycles. The van der Waals surface area contributed by atoms with E-state index < -0.39 is 15.1 Å². The van der Waals surface area contributed by atoms with Gasteiger partial charge in [0.25, 0.3) is 0 Å². The number of nitrogens with zero attached hydrogens (tertiary/aromatic N) is 1. The van der Waals surface area contributed by atoms with Crippen LogP contribution in [-0.2, 0) is 21.1 Å². The summed E-state index contributed by atoms with van der Waals surface area (Å²) in [6.07, 6.45) is 0.921. The summed E-state index contributed by atoms with van der Waals surface area (Å²) in [5.74, 6) is 1.08. The third-order valence-electron chi connectivity index (χ3n) is 5.08. The molecule has 1 aliphatic heterocycles. The fraction of sp³-hybridized carbons (Fsp3) is 0.476. The smallest absolute Gasteiger partial charge is 0.222 e. The summed E-state index contributed by atoms with van der Waals surface area (Å²) >= 11 is 0. The van der Waals surface area contributed by atoms with E-state index in [2.05, 4.69) is 0 Å². The Morgan fingerprint density at radius 2 is 1.89 bits per heavy atom. The molecule has 0 saturated carbocycles. The molecule has 0 N–H and O–H groups in total. The van der Waals surface area contributed by atoms with Crippen LogP contribution < -0.4 is 4.74 Å². The molecule has 0 radical (unpaired) electrons. The van der Waals surface area contributed by atoms with Crippen molar-refractivity contribution in [2.24, 2.45) is 5.92 Å². The number of carbonyl (C=O) groups excluding carboxylic acids is 1. The first kappa shape index (κ1) is 19.7. The largest absolute Gasteiger partial charge is 0.496 e. The third-order valence-corrected chi connectivity index (χ3v) is 7.53. The van der Waals surface area contributed by atoms with Gasteiger partial charge in [0.2, 0.25) is 5.91 Å². The second-order valence-corrected chi connectivity index (χ2v) is 9.94. The van der Waals surface area contributed by atoms with Crippen molar-refractivity contribution in [1.82, 2.24) is 4.90 Å². The van der Waals surface area contributed by atoms with Crippen molar-refractivity contribution < 1.29 is 17.9 Å². The molecule has 0 atom stereocenters. The van der Waals surface area contributed by atoms with Crippen molar-refractivity contribution in [2.45, 2.75) is 31.9 Å². The van der Waals surface area contributed by atoms with Crippen LogP contribution in [0.4, 0.5) is 0 Å². The van der Waals surface area contributed by atoms with Gasteiger partial charge in [-0.25, -0.2) is 8.42 Å². The van der Waals surface area contributed by atoms with E-state index in [4.69, 9.17) is 4.74 Å². The van der Waals surface area contributed by atoms with Crippen molar-refractivity contribution >= 4 is 26.5 Å². The summed E-state index contributed by atoms with van der Waals surface area (Å²) in [6, 6.07) is 12.0. The highest BCUT2D eigenvalue weighted by Crippen LogP contribution is 2.29. The van der Waals surface area contributed by atoms with Crippen LogP contribution >= 0.6 is 0 Å². The molecular formula is C21H27NO4S. The molecule has 0 aliphatic carbocycles. The van der Waals surface area contributed by atoms with E-state index in [1.54, 1.807) is 12.0 Å². The van der Waals surface area contributed by atoms with Gasteiger partial charge in [0, 0.05) is 25.1 Å². The van der Waals surface area contributed by atoms with E-state index in [0.717, 1.165) is 22.1 Å². The van der Waals surface area contributed by atoms with Crippen LogP contribution in [0.5, 0.6) is 5.75 Å². The van der Waals surface area contributed by atoms with E-state index in [1.807, 2.05) is 50.2 Å². The van der Waals surface area contributed by atoms with Crippen molar-refractivity contribution in [3.05, 3.63) is 42.0 Å². The molecule has 0 bridgehead atoms. The van der Waals surface area contributed by atoms with Gasteiger partial charge < -0.3 is 9.64 Å². The summed E-state index contributed by atoms with van der Waals surface area (Å²) in [7, 11) is -1.48. The number of amides is 1. The fourth-order valence-corrected chi connectivity index (χ4v) is 5.64. The average molecular weight is 390 g/mol. The van der Waals surface area contributed by atoms with Crippen LogP contribution in [0.1, 0.15) is 25.8 Å². The Bertz CT molecular complexity index is 930. The predicted molar refractivity (Wildman–Crippen MR) is 108 cm³/mol. The molecule has 146 valence electrons. The number of ether oxygens (including phenoxy) is 1. The van der Waals surface area contributed by atoms with Crippen LogP contribution in [0.25, 0.3) is 10.8 Å². The quantitative estimate of drug-likeness (QED) is 0.730. The van der Waals surface area contributed by atoms with Crippen LogP contribution in [0.2, 0.25) is 0 Å². The lowest BCUT2D eigenvalue weighted by atomic mass is 9.99. The zero-order chi connectivity index (χ0) is 19.6. The number of fused-ring (bicyclic) bond motifs is 1. The number of hydrogen-bond acceptors (Lipinski definition) is 4. The highest BCUT2D eigenvalue weighted by atomic mass is 32.2. The highest BCUT2D eigenvalue weighted by molar-refractivity contribution is 7.92. The number of likely N-dealkylation sites (tertiary alicyclic amines) is 1. The molecule has 0 spiro atoms. The fourth-order valence-electron chi connectivity index (χ4n) is 3.62. The maximum atomic E-state index is 12.5. The molecule has 3 rings (SSSR count). The minimum Gasteiger partial charge on any atom is -0.496 e. The Kier molecular flexibility index (Phi) is 5.75. The Labute approximate surface area is 161 Å². The van der Waals surface area contributed by atoms with Gasteiger partial charge >= 0.3 is 0 Å². The zero-order valence-electron chi connectivity index (χ0n) is 16.1. The van der Waals surface area contributed by atoms with Gasteiger partial charge in [-0.15, -0.1) is 0 Å². The topological polar surface area (TPSA) is 63.7 Å². The SMILES string of the molecule is COc1ccc2ccccc2c1CCC(=O)N1CC(S(=O)(=O)CC(C)C)C1. The lowest BCUT2D eigenvalue weighted by Gasteiger charge is -2.39. The Balaban J connectivity index is 1.64. The molecule has 1 aliphatic rings. The van der Waals surface area contributed by atoms with E-state index in [1.165, 1.54) is 0 Å². The van der Waals surface area contributed by atoms with Crippen molar-refractivity contribution in [1.29, 1.82) is 0 Å². The zero-order valence-corrected chi connectivity index (χ0v) is 17.0. The van der Waals surface area contributed by atoms with Crippen molar-refractivity contribution in [2.75, 3.05) is 26.0 Å². The number of carbonyl (C=O) groups is 1. The van der Waals surface area contributed by atoms with Crippen molar-refractivity contribution in [3.8, 4) is 5.75 Å². The van der Waals surface area contributed by atoms with Crippen LogP contribution in [-0.4, -0.2) is 50.4 Å². The molecule has 2 aromatic carbocycles. The first-order chi connectivity index (χ1) is 12.8. The van der Waals surface area contributed by atoms with Gasteiger partial charge in [0.15, 0.2) is 9.84 Å². The van der Waals surface area contributed by atoms with Gasteiger partial charge in [0.1, 0.15) is 5.75 Å². The second kappa shape index (κ2) is 7.89. The average Bonchev–Trinajstić information content (AvgIpc) is 2.56. The maximum Gasteiger partial charge on any atom is 0.222 e. The van der Waals surface area contributed by atoms with Gasteiger partial charge in [0.05, 0.1) is 18.1 Å². The molecule has 6 heteroatoms. The minimum atomic E-state index is -3.11. The summed E-state index contributed by atoms with van der Waals surface area (Å²) in [5, 5.41) is 1.80. The predicted octanol–water partition coefficient (Wildman–Crippen LogP) is 3.06. The van der Waals surface area contributed by atoms with E-state index in [9.17, 15) is 13.2 Å². The molecule has 0 unspecified atom stereocenters. The van der Waals surface area contributed by atoms with Crippen LogP contribution in [0.15, 0.2) is 36.4 Å². The highest BCUT2D eigenvalue weighted by Gasteiger charge is 2.39. The van der Waals surface area contributed by atoms with Gasteiger partial charge in [-0.3, -0.25) is 4.79 Å². The summed E-state index contributed by atoms with van der Waals surface area (Å²) in [6.45, 7) is 4.44. The van der Waals surface area contributed by atoms with Gasteiger partial charge in [-0.05, 0) is 29.2 Å². The van der Waals surface area contributed by atoms with Crippen LogP contribution in [0.3, 0.4) is 0 Å². The van der Waals surface area contributed by atoms with Crippen LogP contribution in [0, 0.1) is 5.92 Å². The molecule has 1 saturated heterocycles. The Morgan fingerprint density at radius 3 is 2.56 bits per heavy atom. The first-order valence-electron chi connectivity index (χ1n) is 9.35. The second-order valence-electron chi connectivity index (χ2n) is 7.61. The Morgan fingerprint density at radius 1 is 1.19 bits per heavy atom. The number of aryl methyl sites for hydroxylation is 1. The van der Waals surface area contributed by atoms with E-state index >= 15 is 0 Å². The summed E-state index contributed by atoms with van der Waals surface area (Å²) < 4.78 is 30.0. The molecule has 1 amide bonds. The molecule has 27 heavy (non-hydrogen) atoms. The Hall–Kier alpha value is -2.08. The number of methoxy groups -OCH3 is 1. The molecule has 2 aromatic rings. The standard InChI is InChI=1S/C21H27NO4S/c1-15(2)14-27(24,25)17-12-22(13-17)21(23)11-9-19-18-7-5-4-6-16(18)8-10-20(19)26-3/h4-8,10,15,17H,9,11-14H2,1-3H3. The first-order valence-corrected chi connectivity index (χ1v) is 11.1. The van der Waals surface area contributed by atoms with Gasteiger partial charge in [-0.2, -0.15) is 0 Å². The normalized spacial score (nSPS) is 15.2. The van der Waals surface area contributed by atoms with Crippen molar-refractivity contribution in [3.63, 3.8) is 0 Å². The minimum absolute atomic E-state index is 0.000911. The molecule has 5 nitrogen and oxygen atoms in total. The lowest BCUT2D eigenvalue weighted by molar-refractivity contribution is -0.134. The molecule has 1 fully saturated rings. The van der Waals surface area contributed by atoms with E-state index in [-0.39, 0.29) is 17.6 Å². The van der Waals surface area contributed by atoms with E-state index in [0.29, 0.717) is 25.9 Å².